The standard InChI is InChI=1S/C18H18ClN3O4S/c1-3-13(17-20-8-10(2)9-21-17)26-14-7-15-12(6-11(14)19)22(18(25)27-15)5-4-16(23)24/h6-9,13H,3-5H2,1-2H3,(H,23,24)/t13-/m1/s1. The van der Waals surface area contributed by atoms with E-state index in [1.807, 2.05) is 13.8 Å². The predicted octanol–water partition coefficient (Wildman–Crippen LogP) is 3.82. The van der Waals surface area contributed by atoms with Crippen LogP contribution in [0.15, 0.2) is 29.3 Å². The first-order valence-corrected chi connectivity index (χ1v) is 9.58. The first-order chi connectivity index (χ1) is 12.9. The molecule has 27 heavy (non-hydrogen) atoms. The molecule has 1 atom stereocenters. The molecule has 0 bridgehead atoms. The molecule has 7 nitrogen and oxygen atoms in total. The summed E-state index contributed by atoms with van der Waals surface area (Å²) < 4.78 is 8.13. The number of aryl methyl sites for hydroxylation is 2. The molecule has 3 aromatic rings. The molecule has 0 fully saturated rings. The number of carboxylic acids is 1. The van der Waals surface area contributed by atoms with Gasteiger partial charge in [-0.3, -0.25) is 14.2 Å². The number of aromatic nitrogens is 3. The maximum atomic E-state index is 12.2. The summed E-state index contributed by atoms with van der Waals surface area (Å²) in [4.78, 5) is 31.4. The minimum Gasteiger partial charge on any atom is -0.481 e. The van der Waals surface area contributed by atoms with Crippen molar-refractivity contribution in [1.82, 2.24) is 14.5 Å². The van der Waals surface area contributed by atoms with Gasteiger partial charge in [0.2, 0.25) is 0 Å². The van der Waals surface area contributed by atoms with Gasteiger partial charge in [0.15, 0.2) is 11.9 Å². The third-order valence-corrected chi connectivity index (χ3v) is 5.24. The fourth-order valence-electron chi connectivity index (χ4n) is 2.61. The number of rotatable bonds is 7. The topological polar surface area (TPSA) is 94.3 Å². The molecule has 0 amide bonds. The highest BCUT2D eigenvalue weighted by molar-refractivity contribution is 7.16. The normalized spacial score (nSPS) is 12.3. The zero-order valence-corrected chi connectivity index (χ0v) is 16.4. The smallest absolute Gasteiger partial charge is 0.308 e. The number of halogens is 1. The molecule has 2 heterocycles. The summed E-state index contributed by atoms with van der Waals surface area (Å²) in [5.41, 5.74) is 1.56. The molecule has 9 heteroatoms. The molecule has 0 saturated heterocycles. The molecule has 0 spiro atoms. The molecule has 0 radical (unpaired) electrons. The molecule has 1 aromatic carbocycles. The molecule has 2 aromatic heterocycles. The quantitative estimate of drug-likeness (QED) is 0.639. The molecule has 3 rings (SSSR count). The van der Waals surface area contributed by atoms with Crippen molar-refractivity contribution in [3.63, 3.8) is 0 Å². The number of benzene rings is 1. The van der Waals surface area contributed by atoms with E-state index in [0.717, 1.165) is 16.9 Å². The average Bonchev–Trinajstić information content (AvgIpc) is 2.93. The predicted molar refractivity (Wildman–Crippen MR) is 104 cm³/mol. The average molecular weight is 408 g/mol. The Balaban J connectivity index is 1.93. The number of carboxylic acid groups (broad SMARTS) is 1. The van der Waals surface area contributed by atoms with E-state index in [1.165, 1.54) is 4.57 Å². The van der Waals surface area contributed by atoms with Crippen LogP contribution in [0.2, 0.25) is 5.02 Å². The van der Waals surface area contributed by atoms with Crippen LogP contribution in [0.5, 0.6) is 5.75 Å². The van der Waals surface area contributed by atoms with Crippen LogP contribution in [0.3, 0.4) is 0 Å². The number of ether oxygens (including phenoxy) is 1. The highest BCUT2D eigenvalue weighted by Gasteiger charge is 2.18. The van der Waals surface area contributed by atoms with Crippen LogP contribution >= 0.6 is 22.9 Å². The fraction of sp³-hybridized carbons (Fsp3) is 0.333. The van der Waals surface area contributed by atoms with Crippen LogP contribution in [0.25, 0.3) is 10.2 Å². The molecule has 0 aliphatic carbocycles. The van der Waals surface area contributed by atoms with E-state index >= 15 is 0 Å². The van der Waals surface area contributed by atoms with Crippen molar-refractivity contribution in [3.8, 4) is 5.75 Å². The van der Waals surface area contributed by atoms with E-state index in [2.05, 4.69) is 9.97 Å². The Morgan fingerprint density at radius 1 is 1.37 bits per heavy atom. The summed E-state index contributed by atoms with van der Waals surface area (Å²) in [5.74, 6) is 0.0366. The van der Waals surface area contributed by atoms with Gasteiger partial charge in [-0.2, -0.15) is 0 Å². The summed E-state index contributed by atoms with van der Waals surface area (Å²) in [7, 11) is 0. The van der Waals surface area contributed by atoms with E-state index in [-0.39, 0.29) is 23.9 Å². The lowest BCUT2D eigenvalue weighted by Crippen LogP contribution is -2.15. The van der Waals surface area contributed by atoms with Gasteiger partial charge in [0, 0.05) is 25.0 Å². The van der Waals surface area contributed by atoms with E-state index in [0.29, 0.717) is 33.2 Å². The first-order valence-electron chi connectivity index (χ1n) is 8.39. The van der Waals surface area contributed by atoms with Crippen LogP contribution in [0, 0.1) is 6.92 Å². The van der Waals surface area contributed by atoms with Crippen LogP contribution in [0.4, 0.5) is 0 Å². The molecule has 1 N–H and O–H groups in total. The second-order valence-electron chi connectivity index (χ2n) is 6.05. The second-order valence-corrected chi connectivity index (χ2v) is 7.45. The van der Waals surface area contributed by atoms with Gasteiger partial charge in [0.05, 0.1) is 21.7 Å². The van der Waals surface area contributed by atoms with Gasteiger partial charge < -0.3 is 9.84 Å². The van der Waals surface area contributed by atoms with Gasteiger partial charge in [-0.05, 0) is 25.0 Å². The van der Waals surface area contributed by atoms with Crippen molar-refractivity contribution in [2.45, 2.75) is 39.3 Å². The molecular formula is C18H18ClN3O4S. The van der Waals surface area contributed by atoms with Crippen molar-refractivity contribution in [1.29, 1.82) is 0 Å². The lowest BCUT2D eigenvalue weighted by Gasteiger charge is -2.17. The Labute approximate surface area is 164 Å². The third-order valence-electron chi connectivity index (χ3n) is 4.00. The van der Waals surface area contributed by atoms with E-state index in [4.69, 9.17) is 21.4 Å². The highest BCUT2D eigenvalue weighted by atomic mass is 35.5. The number of fused-ring (bicyclic) bond motifs is 1. The molecular weight excluding hydrogens is 390 g/mol. The SMILES string of the molecule is CC[C@@H](Oc1cc2sc(=O)n(CCC(=O)O)c2cc1Cl)c1ncc(C)cn1. The lowest BCUT2D eigenvalue weighted by molar-refractivity contribution is -0.137. The maximum absolute atomic E-state index is 12.2. The van der Waals surface area contributed by atoms with Crippen molar-refractivity contribution in [3.05, 3.63) is 50.6 Å². The maximum Gasteiger partial charge on any atom is 0.308 e. The van der Waals surface area contributed by atoms with Crippen molar-refractivity contribution in [2.75, 3.05) is 0 Å². The van der Waals surface area contributed by atoms with Gasteiger partial charge in [-0.25, -0.2) is 9.97 Å². The van der Waals surface area contributed by atoms with E-state index in [1.54, 1.807) is 24.5 Å². The van der Waals surface area contributed by atoms with E-state index in [9.17, 15) is 9.59 Å². The van der Waals surface area contributed by atoms with Crippen LogP contribution in [0.1, 0.15) is 37.3 Å². The summed E-state index contributed by atoms with van der Waals surface area (Å²) in [6.45, 7) is 3.97. The van der Waals surface area contributed by atoms with Gasteiger partial charge in [0.1, 0.15) is 5.75 Å². The Bertz CT molecular complexity index is 1030. The van der Waals surface area contributed by atoms with Gasteiger partial charge >= 0.3 is 10.8 Å². The molecule has 142 valence electrons. The Kier molecular flexibility index (Phi) is 5.76. The van der Waals surface area contributed by atoms with E-state index < -0.39 is 5.97 Å². The lowest BCUT2D eigenvalue weighted by atomic mass is 10.2. The minimum atomic E-state index is -0.962. The first kappa shape index (κ1) is 19.3. The zero-order chi connectivity index (χ0) is 19.6. The minimum absolute atomic E-state index is 0.0967. The van der Waals surface area contributed by atoms with Crippen LogP contribution < -0.4 is 9.61 Å². The molecule has 0 aliphatic rings. The number of carbonyl (C=O) groups is 1. The van der Waals surface area contributed by atoms with Gasteiger partial charge in [-0.1, -0.05) is 29.9 Å². The number of nitrogens with zero attached hydrogens (tertiary/aromatic N) is 3. The number of aliphatic carboxylic acids is 1. The number of hydrogen-bond donors (Lipinski definition) is 1. The van der Waals surface area contributed by atoms with Crippen LogP contribution in [-0.4, -0.2) is 25.6 Å². The second kappa shape index (κ2) is 8.06. The molecule has 0 aliphatic heterocycles. The van der Waals surface area contributed by atoms with Crippen molar-refractivity contribution >= 4 is 39.1 Å². The third kappa shape index (κ3) is 4.28. The number of hydrogen-bond acceptors (Lipinski definition) is 6. The van der Waals surface area contributed by atoms with Crippen molar-refractivity contribution in [2.24, 2.45) is 0 Å². The zero-order valence-electron chi connectivity index (χ0n) is 14.8. The Morgan fingerprint density at radius 2 is 2.07 bits per heavy atom. The Morgan fingerprint density at radius 3 is 2.70 bits per heavy atom. The van der Waals surface area contributed by atoms with Crippen LogP contribution in [-0.2, 0) is 11.3 Å². The summed E-state index contributed by atoms with van der Waals surface area (Å²) in [6, 6.07) is 3.34. The number of thiazole rings is 1. The Hall–Kier alpha value is -2.45. The monoisotopic (exact) mass is 407 g/mol. The van der Waals surface area contributed by atoms with Gasteiger partial charge in [-0.15, -0.1) is 0 Å². The summed E-state index contributed by atoms with van der Waals surface area (Å²) in [5, 5.41) is 9.20. The summed E-state index contributed by atoms with van der Waals surface area (Å²) in [6.07, 6.45) is 3.60. The summed E-state index contributed by atoms with van der Waals surface area (Å²) >= 11 is 7.40. The van der Waals surface area contributed by atoms with Crippen molar-refractivity contribution < 1.29 is 14.6 Å². The largest absolute Gasteiger partial charge is 0.481 e. The fourth-order valence-corrected chi connectivity index (χ4v) is 3.74. The highest BCUT2D eigenvalue weighted by Crippen LogP contribution is 2.34. The molecule has 0 unspecified atom stereocenters. The van der Waals surface area contributed by atoms with Gasteiger partial charge in [0.25, 0.3) is 0 Å². The molecule has 0 saturated carbocycles.